The molecule has 12 heteroatoms. The zero-order valence-electron chi connectivity index (χ0n) is 20.9. The molecule has 0 aliphatic carbocycles. The molecule has 1 aliphatic heterocycles. The molecule has 3 N–H and O–H groups in total. The fourth-order valence-corrected chi connectivity index (χ4v) is 5.23. The lowest BCUT2D eigenvalue weighted by atomic mass is 10.0. The van der Waals surface area contributed by atoms with Crippen LogP contribution in [-0.2, 0) is 11.4 Å². The molecule has 37 heavy (non-hydrogen) atoms. The van der Waals surface area contributed by atoms with Gasteiger partial charge in [0.1, 0.15) is 5.01 Å². The Morgan fingerprint density at radius 3 is 2.76 bits per heavy atom. The predicted molar refractivity (Wildman–Crippen MR) is 140 cm³/mol. The predicted octanol–water partition coefficient (Wildman–Crippen LogP) is 3.11. The van der Waals surface area contributed by atoms with Crippen LogP contribution in [0.2, 0.25) is 0 Å². The molecule has 11 nitrogen and oxygen atoms in total. The third kappa shape index (κ3) is 5.22. The fourth-order valence-electron chi connectivity index (χ4n) is 4.46. The van der Waals surface area contributed by atoms with E-state index in [-0.39, 0.29) is 23.7 Å². The van der Waals surface area contributed by atoms with Gasteiger partial charge in [-0.25, -0.2) is 9.50 Å². The van der Waals surface area contributed by atoms with Crippen LogP contribution >= 0.6 is 11.3 Å². The third-order valence-electron chi connectivity index (χ3n) is 6.63. The summed E-state index contributed by atoms with van der Waals surface area (Å²) >= 11 is 1.38. The van der Waals surface area contributed by atoms with E-state index in [9.17, 15) is 14.7 Å². The molecule has 4 aromatic heterocycles. The van der Waals surface area contributed by atoms with Gasteiger partial charge in [-0.2, -0.15) is 0 Å². The number of aryl methyl sites for hydroxylation is 1. The lowest BCUT2D eigenvalue weighted by molar-refractivity contribution is -0.118. The van der Waals surface area contributed by atoms with Gasteiger partial charge in [0.15, 0.2) is 5.69 Å². The maximum atomic E-state index is 13.1. The molecule has 0 bridgehead atoms. The summed E-state index contributed by atoms with van der Waals surface area (Å²) in [7, 11) is 0. The number of rotatable bonds is 7. The number of nitrogens with one attached hydrogen (secondary N) is 2. The molecular formula is C25H28N8O3S. The van der Waals surface area contributed by atoms with Gasteiger partial charge in [0.2, 0.25) is 5.91 Å². The van der Waals surface area contributed by atoms with Crippen molar-refractivity contribution < 1.29 is 14.7 Å². The van der Waals surface area contributed by atoms with Crippen molar-refractivity contribution in [3.63, 3.8) is 0 Å². The average molecular weight is 521 g/mol. The maximum Gasteiger partial charge on any atom is 0.278 e. The van der Waals surface area contributed by atoms with Crippen LogP contribution in [0.15, 0.2) is 36.8 Å². The normalized spacial score (nSPS) is 15.2. The van der Waals surface area contributed by atoms with Gasteiger partial charge in [-0.15, -0.1) is 16.4 Å². The van der Waals surface area contributed by atoms with Gasteiger partial charge < -0.3 is 15.7 Å². The molecule has 5 heterocycles. The summed E-state index contributed by atoms with van der Waals surface area (Å²) in [6.07, 6.45) is 7.18. The molecule has 0 saturated carbocycles. The van der Waals surface area contributed by atoms with E-state index < -0.39 is 5.91 Å². The Labute approximate surface area is 217 Å². The molecule has 4 aromatic rings. The number of pyridine rings is 2. The highest BCUT2D eigenvalue weighted by Crippen LogP contribution is 2.29. The molecule has 0 aromatic carbocycles. The number of hydrogen-bond donors (Lipinski definition) is 3. The first-order chi connectivity index (χ1) is 17.7. The summed E-state index contributed by atoms with van der Waals surface area (Å²) in [5.41, 5.74) is 3.15. The van der Waals surface area contributed by atoms with Crippen LogP contribution in [0, 0.1) is 6.92 Å². The Morgan fingerprint density at radius 1 is 1.19 bits per heavy atom. The summed E-state index contributed by atoms with van der Waals surface area (Å²) in [6, 6.07) is 5.32. The van der Waals surface area contributed by atoms with Crippen LogP contribution in [0.25, 0.3) is 16.0 Å². The quantitative estimate of drug-likeness (QED) is 0.338. The second-order valence-electron chi connectivity index (χ2n) is 9.66. The Hall–Kier alpha value is -3.74. The van der Waals surface area contributed by atoms with Crippen LogP contribution in [0.1, 0.15) is 47.9 Å². The zero-order valence-corrected chi connectivity index (χ0v) is 21.7. The molecule has 0 spiro atoms. The average Bonchev–Trinajstić information content (AvgIpc) is 3.59. The Balaban J connectivity index is 1.30. The van der Waals surface area contributed by atoms with Crippen molar-refractivity contribution in [2.24, 2.45) is 0 Å². The largest absolute Gasteiger partial charge is 0.389 e. The SMILES string of the molecule is Cc1ncc(NC(=O)CN2CCCC2(C)C)cc1NC(=O)c1nnn2cc(-c3cnc(CO)s3)ccc12. The monoisotopic (exact) mass is 520 g/mol. The van der Waals surface area contributed by atoms with Gasteiger partial charge in [-0.05, 0) is 58.4 Å². The van der Waals surface area contributed by atoms with E-state index in [1.807, 2.05) is 6.07 Å². The Kier molecular flexibility index (Phi) is 6.71. The molecule has 0 atom stereocenters. The first kappa shape index (κ1) is 24.9. The highest BCUT2D eigenvalue weighted by Gasteiger charge is 2.32. The summed E-state index contributed by atoms with van der Waals surface area (Å²) in [5.74, 6) is -0.555. The van der Waals surface area contributed by atoms with Crippen LogP contribution in [0.3, 0.4) is 0 Å². The van der Waals surface area contributed by atoms with Crippen molar-refractivity contribution in [1.29, 1.82) is 0 Å². The molecule has 0 radical (unpaired) electrons. The minimum atomic E-state index is -0.435. The van der Waals surface area contributed by atoms with Gasteiger partial charge in [0.05, 0.1) is 46.8 Å². The van der Waals surface area contributed by atoms with E-state index in [1.165, 1.54) is 15.9 Å². The van der Waals surface area contributed by atoms with E-state index in [1.54, 1.807) is 37.6 Å². The second-order valence-corrected chi connectivity index (χ2v) is 10.8. The lowest BCUT2D eigenvalue weighted by Gasteiger charge is -2.30. The number of anilines is 2. The highest BCUT2D eigenvalue weighted by molar-refractivity contribution is 7.15. The summed E-state index contributed by atoms with van der Waals surface area (Å²) in [4.78, 5) is 37.3. The van der Waals surface area contributed by atoms with Crippen molar-refractivity contribution in [2.75, 3.05) is 23.7 Å². The topological polar surface area (TPSA) is 138 Å². The third-order valence-corrected chi connectivity index (χ3v) is 7.66. The fraction of sp³-hybridized carbons (Fsp3) is 0.360. The Bertz CT molecular complexity index is 1480. The lowest BCUT2D eigenvalue weighted by Crippen LogP contribution is -2.42. The number of thiazole rings is 1. The number of carbonyl (C=O) groups excluding carboxylic acids is 2. The first-order valence-corrected chi connectivity index (χ1v) is 12.8. The van der Waals surface area contributed by atoms with E-state index >= 15 is 0 Å². The number of aliphatic hydroxyl groups is 1. The van der Waals surface area contributed by atoms with Gasteiger partial charge in [-0.1, -0.05) is 5.21 Å². The maximum absolute atomic E-state index is 13.1. The van der Waals surface area contributed by atoms with Gasteiger partial charge >= 0.3 is 0 Å². The molecule has 1 fully saturated rings. The molecule has 2 amide bonds. The number of nitrogens with zero attached hydrogens (tertiary/aromatic N) is 6. The minimum Gasteiger partial charge on any atom is -0.389 e. The van der Waals surface area contributed by atoms with Crippen molar-refractivity contribution in [2.45, 2.75) is 45.8 Å². The van der Waals surface area contributed by atoms with Crippen molar-refractivity contribution in [3.05, 3.63) is 53.2 Å². The number of fused-ring (bicyclic) bond motifs is 1. The number of likely N-dealkylation sites (tertiary alicyclic amines) is 1. The Morgan fingerprint density at radius 2 is 2.03 bits per heavy atom. The zero-order chi connectivity index (χ0) is 26.2. The summed E-state index contributed by atoms with van der Waals surface area (Å²) in [5, 5.41) is 23.8. The molecule has 0 unspecified atom stereocenters. The molecular weight excluding hydrogens is 492 g/mol. The smallest absolute Gasteiger partial charge is 0.278 e. The number of amides is 2. The standard InChI is InChI=1S/C25H28N8O3S/c1-15-18(9-17(10-26-15)28-21(35)13-32-8-4-7-25(32,2)3)29-24(36)23-19-6-5-16(12-33(19)31-30-23)20-11-27-22(14-34)37-20/h5-6,9-12,34H,4,7-8,13-14H2,1-3H3,(H,28,35)(H,29,36). The van der Waals surface area contributed by atoms with Crippen molar-refractivity contribution in [1.82, 2.24) is 29.7 Å². The van der Waals surface area contributed by atoms with E-state index in [0.29, 0.717) is 34.1 Å². The van der Waals surface area contributed by atoms with Gasteiger partial charge in [-0.3, -0.25) is 19.5 Å². The molecule has 1 aliphatic rings. The number of aliphatic hydroxyl groups excluding tert-OH is 1. The number of hydrogen-bond acceptors (Lipinski definition) is 9. The van der Waals surface area contributed by atoms with E-state index in [4.69, 9.17) is 0 Å². The number of carbonyl (C=O) groups is 2. The van der Waals surface area contributed by atoms with Crippen molar-refractivity contribution >= 4 is 40.0 Å². The van der Waals surface area contributed by atoms with Crippen LogP contribution in [0.4, 0.5) is 11.4 Å². The van der Waals surface area contributed by atoms with Crippen LogP contribution in [-0.4, -0.2) is 65.2 Å². The minimum absolute atomic E-state index is 0.00710. The molecule has 5 rings (SSSR count). The van der Waals surface area contributed by atoms with Gasteiger partial charge in [0.25, 0.3) is 5.91 Å². The summed E-state index contributed by atoms with van der Waals surface area (Å²) < 4.78 is 1.53. The van der Waals surface area contributed by atoms with E-state index in [2.05, 4.69) is 49.7 Å². The summed E-state index contributed by atoms with van der Waals surface area (Å²) in [6.45, 7) is 7.16. The van der Waals surface area contributed by atoms with Gasteiger partial charge in [0, 0.05) is 23.5 Å². The molecule has 192 valence electrons. The second kappa shape index (κ2) is 9.96. The molecule has 1 saturated heterocycles. The van der Waals surface area contributed by atoms with E-state index in [0.717, 1.165) is 29.8 Å². The van der Waals surface area contributed by atoms with Crippen LogP contribution in [0.5, 0.6) is 0 Å². The highest BCUT2D eigenvalue weighted by atomic mass is 32.1. The van der Waals surface area contributed by atoms with Crippen LogP contribution < -0.4 is 10.6 Å². The number of aromatic nitrogens is 5. The first-order valence-electron chi connectivity index (χ1n) is 12.0. The van der Waals surface area contributed by atoms with Crippen molar-refractivity contribution in [3.8, 4) is 10.4 Å².